The van der Waals surface area contributed by atoms with Crippen LogP contribution in [0.15, 0.2) is 49.4 Å². The maximum atomic E-state index is 12.3. The van der Waals surface area contributed by atoms with E-state index in [2.05, 4.69) is 25.9 Å². The van der Waals surface area contributed by atoms with Gasteiger partial charge in [-0.05, 0) is 49.2 Å². The van der Waals surface area contributed by atoms with Crippen molar-refractivity contribution in [1.29, 1.82) is 0 Å². The summed E-state index contributed by atoms with van der Waals surface area (Å²) in [5.41, 5.74) is -0.773. The van der Waals surface area contributed by atoms with Gasteiger partial charge in [-0.3, -0.25) is 19.9 Å². The highest BCUT2D eigenvalue weighted by Gasteiger charge is 2.20. The van der Waals surface area contributed by atoms with Crippen LogP contribution in [0, 0.1) is 24.0 Å². The van der Waals surface area contributed by atoms with Crippen LogP contribution >= 0.6 is 15.9 Å². The van der Waals surface area contributed by atoms with Crippen molar-refractivity contribution in [3.8, 4) is 17.3 Å². The summed E-state index contributed by atoms with van der Waals surface area (Å²) in [6.45, 7) is 3.42. The Kier molecular flexibility index (Phi) is 6.07. The van der Waals surface area contributed by atoms with E-state index in [-0.39, 0.29) is 22.6 Å². The first kappa shape index (κ1) is 22.0. The van der Waals surface area contributed by atoms with Crippen molar-refractivity contribution in [3.05, 3.63) is 82.4 Å². The van der Waals surface area contributed by atoms with E-state index in [0.717, 1.165) is 16.3 Å². The highest BCUT2D eigenvalue weighted by atomic mass is 79.9. The van der Waals surface area contributed by atoms with Crippen LogP contribution in [0.5, 0.6) is 11.6 Å². The summed E-state index contributed by atoms with van der Waals surface area (Å²) in [7, 11) is 1.48. The van der Waals surface area contributed by atoms with Crippen molar-refractivity contribution in [2.75, 3.05) is 7.11 Å². The second-order valence-corrected chi connectivity index (χ2v) is 7.38. The predicted octanol–water partition coefficient (Wildman–Crippen LogP) is 3.28. The van der Waals surface area contributed by atoms with Crippen molar-refractivity contribution in [2.45, 2.75) is 13.8 Å². The van der Waals surface area contributed by atoms with E-state index < -0.39 is 22.1 Å². The van der Waals surface area contributed by atoms with Crippen molar-refractivity contribution >= 4 is 33.5 Å². The topological polar surface area (TPSA) is 140 Å². The average molecular weight is 489 g/mol. The Balaban J connectivity index is 2.19. The van der Waals surface area contributed by atoms with E-state index >= 15 is 0 Å². The van der Waals surface area contributed by atoms with E-state index in [4.69, 9.17) is 4.74 Å². The molecule has 0 fully saturated rings. The van der Waals surface area contributed by atoms with Gasteiger partial charge in [-0.2, -0.15) is 0 Å². The molecule has 11 heteroatoms. The van der Waals surface area contributed by atoms with Gasteiger partial charge in [0.25, 0.3) is 11.2 Å². The molecule has 160 valence electrons. The van der Waals surface area contributed by atoms with E-state index in [9.17, 15) is 24.8 Å². The molecule has 2 aromatic carbocycles. The number of aliphatic imine (C=N–C) groups is 1. The Morgan fingerprint density at radius 2 is 1.87 bits per heavy atom. The smallest absolute Gasteiger partial charge is 0.335 e. The van der Waals surface area contributed by atoms with Gasteiger partial charge in [-0.1, -0.05) is 15.9 Å². The zero-order valence-electron chi connectivity index (χ0n) is 16.7. The van der Waals surface area contributed by atoms with Gasteiger partial charge < -0.3 is 9.84 Å². The molecule has 0 aliphatic rings. The maximum Gasteiger partial charge on any atom is 0.335 e. The summed E-state index contributed by atoms with van der Waals surface area (Å²) < 4.78 is 6.50. The van der Waals surface area contributed by atoms with Gasteiger partial charge in [-0.15, -0.1) is 0 Å². The number of aromatic hydroxyl groups is 1. The summed E-state index contributed by atoms with van der Waals surface area (Å²) in [4.78, 5) is 41.7. The molecule has 0 aliphatic heterocycles. The van der Waals surface area contributed by atoms with Gasteiger partial charge in [0.15, 0.2) is 0 Å². The second kappa shape index (κ2) is 8.56. The normalized spacial score (nSPS) is 11.1. The Morgan fingerprint density at radius 3 is 2.45 bits per heavy atom. The van der Waals surface area contributed by atoms with Gasteiger partial charge in [0.1, 0.15) is 17.0 Å². The molecule has 10 nitrogen and oxygen atoms in total. The molecule has 0 bridgehead atoms. The minimum absolute atomic E-state index is 0.0340. The Labute approximate surface area is 183 Å². The number of H-pyrrole nitrogens is 1. The second-order valence-electron chi connectivity index (χ2n) is 6.52. The third-order valence-electron chi connectivity index (χ3n) is 4.75. The summed E-state index contributed by atoms with van der Waals surface area (Å²) in [5.74, 6) is -0.118. The Morgan fingerprint density at radius 1 is 1.23 bits per heavy atom. The highest BCUT2D eigenvalue weighted by molar-refractivity contribution is 9.10. The standard InChI is InChI=1S/C20H17BrN4O6/c1-10-11(2)17(16(25(29)30)8-15(10)21)22-9-14-18(26)23-20(28)24(19(14)27)12-4-6-13(31-3)7-5-12/h4-9,27H,1-3H3,(H,23,26,28). The summed E-state index contributed by atoms with van der Waals surface area (Å²) >= 11 is 3.27. The van der Waals surface area contributed by atoms with Crippen LogP contribution in [0.25, 0.3) is 5.69 Å². The highest BCUT2D eigenvalue weighted by Crippen LogP contribution is 2.37. The van der Waals surface area contributed by atoms with Gasteiger partial charge in [0, 0.05) is 16.8 Å². The van der Waals surface area contributed by atoms with E-state index in [1.54, 1.807) is 26.0 Å². The van der Waals surface area contributed by atoms with Gasteiger partial charge in [-0.25, -0.2) is 14.4 Å². The van der Waals surface area contributed by atoms with Crippen LogP contribution in [-0.2, 0) is 0 Å². The molecule has 3 rings (SSSR count). The largest absolute Gasteiger partial charge is 0.497 e. The molecular formula is C20H17BrN4O6. The zero-order chi connectivity index (χ0) is 22.9. The molecule has 0 radical (unpaired) electrons. The van der Waals surface area contributed by atoms with Crippen LogP contribution in [0.1, 0.15) is 16.7 Å². The summed E-state index contributed by atoms with van der Waals surface area (Å²) in [5, 5.41) is 22.1. The number of aromatic amines is 1. The minimum atomic E-state index is -0.884. The minimum Gasteiger partial charge on any atom is -0.497 e. The first-order valence-electron chi connectivity index (χ1n) is 8.86. The lowest BCUT2D eigenvalue weighted by molar-refractivity contribution is -0.384. The number of nitro benzene ring substituents is 1. The lowest BCUT2D eigenvalue weighted by Crippen LogP contribution is -2.31. The lowest BCUT2D eigenvalue weighted by atomic mass is 10.1. The van der Waals surface area contributed by atoms with Crippen molar-refractivity contribution in [2.24, 2.45) is 4.99 Å². The molecule has 3 aromatic rings. The fourth-order valence-electron chi connectivity index (χ4n) is 2.90. The Hall–Kier alpha value is -3.73. The molecule has 0 unspecified atom stereocenters. The molecule has 0 saturated heterocycles. The molecule has 0 saturated carbocycles. The molecule has 1 heterocycles. The number of nitrogens with one attached hydrogen (secondary N) is 1. The number of nitro groups is 1. The number of hydrogen-bond donors (Lipinski definition) is 2. The Bertz CT molecular complexity index is 1330. The van der Waals surface area contributed by atoms with E-state index in [1.807, 2.05) is 0 Å². The van der Waals surface area contributed by atoms with Crippen LogP contribution in [0.4, 0.5) is 11.4 Å². The van der Waals surface area contributed by atoms with Crippen LogP contribution in [-0.4, -0.2) is 32.9 Å². The number of ether oxygens (including phenoxy) is 1. The molecule has 2 N–H and O–H groups in total. The fourth-order valence-corrected chi connectivity index (χ4v) is 3.42. The molecule has 0 aliphatic carbocycles. The zero-order valence-corrected chi connectivity index (χ0v) is 18.3. The third kappa shape index (κ3) is 4.12. The van der Waals surface area contributed by atoms with Crippen LogP contribution in [0.3, 0.4) is 0 Å². The van der Waals surface area contributed by atoms with Gasteiger partial charge >= 0.3 is 5.69 Å². The molecule has 0 spiro atoms. The molecule has 1 aromatic heterocycles. The molecule has 0 atom stereocenters. The monoisotopic (exact) mass is 488 g/mol. The first-order chi connectivity index (χ1) is 14.6. The molecular weight excluding hydrogens is 472 g/mol. The number of benzene rings is 2. The number of rotatable bonds is 5. The lowest BCUT2D eigenvalue weighted by Gasteiger charge is -2.10. The van der Waals surface area contributed by atoms with Crippen LogP contribution in [0.2, 0.25) is 0 Å². The van der Waals surface area contributed by atoms with Crippen molar-refractivity contribution in [3.63, 3.8) is 0 Å². The molecule has 31 heavy (non-hydrogen) atoms. The number of nitrogens with zero attached hydrogens (tertiary/aromatic N) is 3. The SMILES string of the molecule is COc1ccc(-n2c(O)c(C=Nc3c([N+](=O)[O-])cc(Br)c(C)c3C)c(=O)[nH]c2=O)cc1. The quantitative estimate of drug-likeness (QED) is 0.320. The van der Waals surface area contributed by atoms with Crippen molar-refractivity contribution in [1.82, 2.24) is 9.55 Å². The van der Waals surface area contributed by atoms with Gasteiger partial charge in [0.2, 0.25) is 5.88 Å². The first-order valence-corrected chi connectivity index (χ1v) is 9.65. The summed E-state index contributed by atoms with van der Waals surface area (Å²) in [6, 6.07) is 7.52. The van der Waals surface area contributed by atoms with E-state index in [1.165, 1.54) is 25.3 Å². The number of aromatic nitrogens is 2. The average Bonchev–Trinajstić information content (AvgIpc) is 2.73. The third-order valence-corrected chi connectivity index (χ3v) is 5.58. The number of hydrogen-bond acceptors (Lipinski definition) is 7. The molecule has 0 amide bonds. The maximum absolute atomic E-state index is 12.3. The van der Waals surface area contributed by atoms with Gasteiger partial charge in [0.05, 0.1) is 17.7 Å². The number of methoxy groups -OCH3 is 1. The predicted molar refractivity (Wildman–Crippen MR) is 118 cm³/mol. The fraction of sp³-hybridized carbons (Fsp3) is 0.150. The summed E-state index contributed by atoms with van der Waals surface area (Å²) in [6.07, 6.45) is 0.996. The number of halogens is 1. The van der Waals surface area contributed by atoms with Crippen molar-refractivity contribution < 1.29 is 14.8 Å². The van der Waals surface area contributed by atoms with E-state index in [0.29, 0.717) is 15.8 Å². The van der Waals surface area contributed by atoms with Crippen LogP contribution < -0.4 is 16.0 Å².